The first-order chi connectivity index (χ1) is 9.61. The van der Waals surface area contributed by atoms with Crippen molar-refractivity contribution in [1.82, 2.24) is 15.2 Å². The fraction of sp³-hybridized carbons (Fsp3) is 0.467. The predicted molar refractivity (Wildman–Crippen MR) is 81.9 cm³/mol. The van der Waals surface area contributed by atoms with Gasteiger partial charge in [0.2, 0.25) is 15.0 Å². The minimum atomic E-state index is -3.49. The van der Waals surface area contributed by atoms with Crippen molar-refractivity contribution in [3.05, 3.63) is 40.7 Å². The van der Waals surface area contributed by atoms with Crippen LogP contribution in [0, 0.1) is 13.8 Å². The molecule has 2 aromatic rings. The van der Waals surface area contributed by atoms with E-state index in [1.165, 1.54) is 11.9 Å². The van der Waals surface area contributed by atoms with Gasteiger partial charge in [0.25, 0.3) is 0 Å². The van der Waals surface area contributed by atoms with Crippen molar-refractivity contribution in [2.75, 3.05) is 0 Å². The highest BCUT2D eigenvalue weighted by Gasteiger charge is 2.22. The minimum Gasteiger partial charge on any atom is -0.250 e. The normalized spacial score (nSPS) is 12.6. The van der Waals surface area contributed by atoms with Crippen LogP contribution in [-0.2, 0) is 21.0 Å². The summed E-state index contributed by atoms with van der Waals surface area (Å²) in [6.07, 6.45) is 1.20. The van der Waals surface area contributed by atoms with Gasteiger partial charge in [-0.25, -0.2) is 13.4 Å². The van der Waals surface area contributed by atoms with Gasteiger partial charge in [-0.15, -0.1) is 0 Å². The monoisotopic (exact) mass is 307 g/mol. The summed E-state index contributed by atoms with van der Waals surface area (Å²) < 4.78 is 24.6. The Labute approximate surface area is 125 Å². The summed E-state index contributed by atoms with van der Waals surface area (Å²) in [6, 6.07) is 4.14. The van der Waals surface area contributed by atoms with E-state index in [1.807, 2.05) is 13.8 Å². The van der Waals surface area contributed by atoms with E-state index < -0.39 is 9.84 Å². The molecule has 2 rings (SSSR count). The molecule has 1 aromatic carbocycles. The van der Waals surface area contributed by atoms with Gasteiger partial charge in [0.05, 0.1) is 5.75 Å². The van der Waals surface area contributed by atoms with Crippen LogP contribution < -0.4 is 0 Å². The third-order valence-electron chi connectivity index (χ3n) is 3.58. The molecule has 0 fully saturated rings. The van der Waals surface area contributed by atoms with E-state index in [2.05, 4.69) is 48.1 Å². The lowest BCUT2D eigenvalue weighted by atomic mass is 9.84. The molecule has 0 aliphatic carbocycles. The lowest BCUT2D eigenvalue weighted by Gasteiger charge is -2.22. The first-order valence-corrected chi connectivity index (χ1v) is 8.45. The van der Waals surface area contributed by atoms with E-state index >= 15 is 0 Å². The highest BCUT2D eigenvalue weighted by molar-refractivity contribution is 7.90. The number of nitrogens with zero attached hydrogens (tertiary/aromatic N) is 2. The van der Waals surface area contributed by atoms with Crippen LogP contribution in [0.1, 0.15) is 43.0 Å². The van der Waals surface area contributed by atoms with Gasteiger partial charge in [0, 0.05) is 0 Å². The number of hydrogen-bond donors (Lipinski definition) is 1. The van der Waals surface area contributed by atoms with Crippen LogP contribution in [0.3, 0.4) is 0 Å². The van der Waals surface area contributed by atoms with Gasteiger partial charge in [0.1, 0.15) is 6.33 Å². The molecule has 0 amide bonds. The molecule has 1 N–H and O–H groups in total. The molecule has 6 heteroatoms. The summed E-state index contributed by atoms with van der Waals surface area (Å²) in [5.74, 6) is -0.0652. The Morgan fingerprint density at radius 3 is 2.14 bits per heavy atom. The lowest BCUT2D eigenvalue weighted by molar-refractivity contribution is 0.585. The first kappa shape index (κ1) is 15.7. The van der Waals surface area contributed by atoms with Crippen LogP contribution in [0.25, 0.3) is 0 Å². The quantitative estimate of drug-likeness (QED) is 0.946. The van der Waals surface area contributed by atoms with E-state index in [0.29, 0.717) is 0 Å². The van der Waals surface area contributed by atoms with Gasteiger partial charge >= 0.3 is 0 Å². The van der Waals surface area contributed by atoms with Crippen molar-refractivity contribution < 1.29 is 8.42 Å². The molecule has 21 heavy (non-hydrogen) atoms. The molecular weight excluding hydrogens is 286 g/mol. The molecular formula is C15H21N3O2S. The third-order valence-corrected chi connectivity index (χ3v) is 5.04. The fourth-order valence-electron chi connectivity index (χ4n) is 2.26. The van der Waals surface area contributed by atoms with Gasteiger partial charge in [-0.05, 0) is 41.5 Å². The largest absolute Gasteiger partial charge is 0.250 e. The average molecular weight is 307 g/mol. The van der Waals surface area contributed by atoms with E-state index in [0.717, 1.165) is 16.7 Å². The van der Waals surface area contributed by atoms with Crippen molar-refractivity contribution in [1.29, 1.82) is 0 Å². The number of hydrogen-bond acceptors (Lipinski definition) is 4. The number of nitrogens with one attached hydrogen (secondary N) is 1. The zero-order valence-corrected chi connectivity index (χ0v) is 13.9. The van der Waals surface area contributed by atoms with Crippen molar-refractivity contribution in [2.24, 2.45) is 0 Å². The lowest BCUT2D eigenvalue weighted by Crippen LogP contribution is -2.14. The highest BCUT2D eigenvalue weighted by atomic mass is 32.2. The summed E-state index contributed by atoms with van der Waals surface area (Å²) >= 11 is 0. The Hall–Kier alpha value is -1.69. The Morgan fingerprint density at radius 2 is 1.71 bits per heavy atom. The van der Waals surface area contributed by atoms with Crippen LogP contribution in [0.2, 0.25) is 0 Å². The number of sulfone groups is 1. The Bertz CT molecular complexity index is 719. The fourth-order valence-corrected chi connectivity index (χ4v) is 3.63. The van der Waals surface area contributed by atoms with Crippen LogP contribution >= 0.6 is 0 Å². The number of benzene rings is 1. The second-order valence-corrected chi connectivity index (χ2v) is 8.29. The van der Waals surface area contributed by atoms with Crippen LogP contribution in [0.5, 0.6) is 0 Å². The zero-order valence-electron chi connectivity index (χ0n) is 13.1. The smallest absolute Gasteiger partial charge is 0.243 e. The molecule has 0 saturated heterocycles. The molecule has 0 aliphatic rings. The molecule has 0 unspecified atom stereocenters. The topological polar surface area (TPSA) is 75.7 Å². The van der Waals surface area contributed by atoms with Gasteiger partial charge < -0.3 is 0 Å². The first-order valence-electron chi connectivity index (χ1n) is 6.80. The summed E-state index contributed by atoms with van der Waals surface area (Å²) in [6.45, 7) is 10.3. The standard InChI is InChI=1S/C15H21N3O2S/c1-10-6-12(15(3,4)5)7-11(2)13(10)8-21(19,20)14-16-9-17-18-14/h6-7,9H,8H2,1-5H3,(H,16,17,18). The molecule has 1 heterocycles. The summed E-state index contributed by atoms with van der Waals surface area (Å²) in [7, 11) is -3.49. The molecule has 5 nitrogen and oxygen atoms in total. The van der Waals surface area contributed by atoms with Crippen molar-refractivity contribution >= 4 is 9.84 Å². The maximum atomic E-state index is 12.3. The summed E-state index contributed by atoms with van der Waals surface area (Å²) in [4.78, 5) is 3.75. The number of aryl methyl sites for hydroxylation is 2. The second kappa shape index (κ2) is 5.26. The Morgan fingerprint density at radius 1 is 1.14 bits per heavy atom. The Kier molecular flexibility index (Phi) is 3.93. The van der Waals surface area contributed by atoms with Crippen molar-refractivity contribution in [2.45, 2.75) is 50.9 Å². The van der Waals surface area contributed by atoms with Crippen LogP contribution in [-0.4, -0.2) is 23.6 Å². The van der Waals surface area contributed by atoms with E-state index in [4.69, 9.17) is 0 Å². The Balaban J connectivity index is 2.43. The van der Waals surface area contributed by atoms with Gasteiger partial charge in [0.15, 0.2) is 0 Å². The molecule has 1 aromatic heterocycles. The number of H-pyrrole nitrogens is 1. The molecule has 0 radical (unpaired) electrons. The van der Waals surface area contributed by atoms with Gasteiger partial charge in [-0.3, -0.25) is 5.10 Å². The third kappa shape index (κ3) is 3.32. The van der Waals surface area contributed by atoms with E-state index in [-0.39, 0.29) is 16.3 Å². The molecule has 0 spiro atoms. The second-order valence-electron chi connectivity index (χ2n) is 6.39. The molecule has 0 saturated carbocycles. The number of aromatic nitrogens is 3. The summed E-state index contributed by atoms with van der Waals surface area (Å²) in [5, 5.41) is 5.95. The SMILES string of the molecule is Cc1cc(C(C)(C)C)cc(C)c1CS(=O)(=O)c1ncn[nH]1. The van der Waals surface area contributed by atoms with Gasteiger partial charge in [-0.2, -0.15) is 5.10 Å². The minimum absolute atomic E-state index is 0.0395. The average Bonchev–Trinajstić information content (AvgIpc) is 2.86. The number of aromatic amines is 1. The van der Waals surface area contributed by atoms with Crippen LogP contribution in [0.15, 0.2) is 23.6 Å². The molecule has 114 valence electrons. The zero-order chi connectivity index (χ0) is 15.8. The van der Waals surface area contributed by atoms with Crippen molar-refractivity contribution in [3.63, 3.8) is 0 Å². The maximum Gasteiger partial charge on any atom is 0.243 e. The van der Waals surface area contributed by atoms with Crippen molar-refractivity contribution in [3.8, 4) is 0 Å². The number of rotatable bonds is 3. The van der Waals surface area contributed by atoms with E-state index in [1.54, 1.807) is 0 Å². The predicted octanol–water partition coefficient (Wildman–Crippen LogP) is 2.69. The molecule has 0 atom stereocenters. The molecule has 0 aliphatic heterocycles. The molecule has 0 bridgehead atoms. The summed E-state index contributed by atoms with van der Waals surface area (Å²) in [5.41, 5.74) is 4.06. The maximum absolute atomic E-state index is 12.3. The van der Waals surface area contributed by atoms with Crippen LogP contribution in [0.4, 0.5) is 0 Å². The van der Waals surface area contributed by atoms with E-state index in [9.17, 15) is 8.42 Å². The highest BCUT2D eigenvalue weighted by Crippen LogP contribution is 2.28. The van der Waals surface area contributed by atoms with Gasteiger partial charge in [-0.1, -0.05) is 32.9 Å².